The predicted octanol–water partition coefficient (Wildman–Crippen LogP) is 7.30. The number of hydrogen-bond donors (Lipinski definition) is 0. The van der Waals surface area contributed by atoms with E-state index in [-0.39, 0.29) is 5.66 Å². The normalized spacial score (nSPS) is 12.1. The van der Waals surface area contributed by atoms with Crippen molar-refractivity contribution >= 4 is 34.1 Å². The number of fused-ring (bicyclic) bond motifs is 1. The van der Waals surface area contributed by atoms with Crippen molar-refractivity contribution in [3.63, 3.8) is 0 Å². The van der Waals surface area contributed by atoms with Crippen LogP contribution < -0.4 is 34.9 Å². The monoisotopic (exact) mass is 602 g/mol. The molecular weight excluding hydrogens is 565 g/mol. The molecule has 0 amide bonds. The Morgan fingerprint density at radius 1 is 0.545 bits per heavy atom. The highest BCUT2D eigenvalue weighted by atomic mass is 31.2. The van der Waals surface area contributed by atoms with Crippen LogP contribution in [0.3, 0.4) is 0 Å². The van der Waals surface area contributed by atoms with E-state index < -0.39 is 7.26 Å². The molecule has 5 aromatic carbocycles. The van der Waals surface area contributed by atoms with Gasteiger partial charge in [0.25, 0.3) is 0 Å². The molecule has 6 rings (SSSR count). The quantitative estimate of drug-likeness (QED) is 0.154. The molecule has 1 heterocycles. The first-order valence-corrected chi connectivity index (χ1v) is 16.4. The number of aryl methyl sites for hydroxylation is 1. The average Bonchev–Trinajstić information content (AvgIpc) is 3.43. The molecule has 5 nitrogen and oxygen atoms in total. The number of ether oxygens (including phenoxy) is 4. The third-order valence-electron chi connectivity index (χ3n) is 8.40. The maximum atomic E-state index is 6.05. The molecule has 1 unspecified atom stereocenters. The van der Waals surface area contributed by atoms with E-state index in [9.17, 15) is 0 Å². The predicted molar refractivity (Wildman–Crippen MR) is 183 cm³/mol. The summed E-state index contributed by atoms with van der Waals surface area (Å²) in [5, 5.41) is 4.89. The van der Waals surface area contributed by atoms with Crippen LogP contribution in [0.25, 0.3) is 10.9 Å². The molecule has 0 saturated heterocycles. The molecule has 0 spiro atoms. The van der Waals surface area contributed by atoms with E-state index in [2.05, 4.69) is 127 Å². The van der Waals surface area contributed by atoms with Crippen LogP contribution in [0, 0.1) is 0 Å². The molecule has 6 heteroatoms. The minimum absolute atomic E-state index is 0.164. The first kappa shape index (κ1) is 29.3. The Kier molecular flexibility index (Phi) is 8.32. The second kappa shape index (κ2) is 12.5. The molecule has 6 aromatic rings. The maximum Gasteiger partial charge on any atom is 0.203 e. The third-order valence-corrected chi connectivity index (χ3v) is 13.1. The van der Waals surface area contributed by atoms with Crippen molar-refractivity contribution in [2.24, 2.45) is 7.05 Å². The summed E-state index contributed by atoms with van der Waals surface area (Å²) in [7, 11) is 6.30. The summed E-state index contributed by atoms with van der Waals surface area (Å²) in [6.45, 7) is 0. The van der Waals surface area contributed by atoms with E-state index >= 15 is 0 Å². The molecule has 0 aliphatic rings. The zero-order valence-corrected chi connectivity index (χ0v) is 26.6. The van der Waals surface area contributed by atoms with E-state index in [1.165, 1.54) is 21.5 Å². The van der Waals surface area contributed by atoms with Crippen molar-refractivity contribution in [1.82, 2.24) is 4.57 Å². The highest BCUT2D eigenvalue weighted by Gasteiger charge is 2.55. The van der Waals surface area contributed by atoms with Crippen LogP contribution >= 0.6 is 7.26 Å². The van der Waals surface area contributed by atoms with Gasteiger partial charge in [-0.05, 0) is 60.7 Å². The van der Waals surface area contributed by atoms with Crippen LogP contribution in [0.4, 0.5) is 0 Å². The lowest BCUT2D eigenvalue weighted by atomic mass is 10.0. The standard InChI is InChI=1S/C38H37NO4P/c1-39-26-31(36-32(39)22-15-23-33(36)40-2)38(27-24-34(41-3)37(43-5)35(25-27)42-4)44(28-16-9-6-10-17-28,29-18-11-7-12-19-29)30-20-13-8-14-21-30/h6-26,38H,1-5H3/q+1. The van der Waals surface area contributed by atoms with Gasteiger partial charge in [-0.1, -0.05) is 60.7 Å². The minimum atomic E-state index is -2.53. The number of methoxy groups -OCH3 is 4. The van der Waals surface area contributed by atoms with Gasteiger partial charge in [-0.25, -0.2) is 0 Å². The van der Waals surface area contributed by atoms with Crippen molar-refractivity contribution in [3.8, 4) is 23.0 Å². The second-order valence-electron chi connectivity index (χ2n) is 10.6. The Hall–Kier alpha value is -4.73. The molecule has 0 aliphatic carbocycles. The summed E-state index contributed by atoms with van der Waals surface area (Å²) in [6.07, 6.45) is 2.27. The Bertz CT molecular complexity index is 1750. The van der Waals surface area contributed by atoms with Crippen molar-refractivity contribution in [2.45, 2.75) is 5.66 Å². The number of nitrogens with zero attached hydrogens (tertiary/aromatic N) is 1. The van der Waals surface area contributed by atoms with Crippen molar-refractivity contribution in [2.75, 3.05) is 28.4 Å². The maximum absolute atomic E-state index is 6.05. The topological polar surface area (TPSA) is 41.9 Å². The highest BCUT2D eigenvalue weighted by Crippen LogP contribution is 2.70. The lowest BCUT2D eigenvalue weighted by molar-refractivity contribution is 0.324. The molecule has 0 bridgehead atoms. The molecule has 0 saturated carbocycles. The van der Waals surface area contributed by atoms with Crippen LogP contribution in [0.2, 0.25) is 0 Å². The minimum Gasteiger partial charge on any atom is -0.496 e. The zero-order chi connectivity index (χ0) is 30.7. The fourth-order valence-electron chi connectivity index (χ4n) is 6.58. The van der Waals surface area contributed by atoms with E-state index in [0.717, 1.165) is 22.2 Å². The van der Waals surface area contributed by atoms with Gasteiger partial charge < -0.3 is 23.5 Å². The Balaban J connectivity index is 1.86. The summed E-state index contributed by atoms with van der Waals surface area (Å²) in [5.41, 5.74) is 3.16. The van der Waals surface area contributed by atoms with E-state index in [0.29, 0.717) is 17.2 Å². The van der Waals surface area contributed by atoms with Gasteiger partial charge in [0, 0.05) is 29.8 Å². The summed E-state index contributed by atoms with van der Waals surface area (Å²) < 4.78 is 25.9. The first-order valence-electron chi connectivity index (χ1n) is 14.6. The average molecular weight is 603 g/mol. The fourth-order valence-corrected chi connectivity index (χ4v) is 11.5. The number of aromatic nitrogens is 1. The van der Waals surface area contributed by atoms with Crippen LogP contribution in [0.5, 0.6) is 23.0 Å². The van der Waals surface area contributed by atoms with Crippen LogP contribution in [-0.4, -0.2) is 33.0 Å². The number of hydrogen-bond acceptors (Lipinski definition) is 4. The smallest absolute Gasteiger partial charge is 0.203 e. The number of rotatable bonds is 10. The molecule has 1 aromatic heterocycles. The van der Waals surface area contributed by atoms with Crippen LogP contribution in [0.1, 0.15) is 16.8 Å². The summed E-state index contributed by atoms with van der Waals surface area (Å²) >= 11 is 0. The summed E-state index contributed by atoms with van der Waals surface area (Å²) in [5.74, 6) is 2.64. The number of benzene rings is 5. The van der Waals surface area contributed by atoms with Gasteiger partial charge in [0.2, 0.25) is 5.75 Å². The molecule has 44 heavy (non-hydrogen) atoms. The van der Waals surface area contributed by atoms with Gasteiger partial charge in [-0.3, -0.25) is 0 Å². The van der Waals surface area contributed by atoms with Crippen LogP contribution in [-0.2, 0) is 7.05 Å². The molecule has 0 fully saturated rings. The van der Waals surface area contributed by atoms with Gasteiger partial charge in [-0.2, -0.15) is 0 Å². The Morgan fingerprint density at radius 2 is 1.02 bits per heavy atom. The third kappa shape index (κ3) is 4.78. The molecular formula is C38H37NO4P+. The van der Waals surface area contributed by atoms with E-state index in [4.69, 9.17) is 18.9 Å². The zero-order valence-electron chi connectivity index (χ0n) is 25.7. The van der Waals surface area contributed by atoms with Crippen molar-refractivity contribution in [1.29, 1.82) is 0 Å². The second-order valence-corrected chi connectivity index (χ2v) is 14.2. The summed E-state index contributed by atoms with van der Waals surface area (Å²) in [6, 6.07) is 43.3. The molecule has 1 atom stereocenters. The molecule has 222 valence electrons. The van der Waals surface area contributed by atoms with E-state index in [1.54, 1.807) is 28.4 Å². The molecule has 0 aliphatic heterocycles. The molecule has 0 N–H and O–H groups in total. The summed E-state index contributed by atoms with van der Waals surface area (Å²) in [4.78, 5) is 0. The lowest BCUT2D eigenvalue weighted by Crippen LogP contribution is -2.35. The molecule has 0 radical (unpaired) electrons. The van der Waals surface area contributed by atoms with Gasteiger partial charge in [0.1, 0.15) is 34.6 Å². The van der Waals surface area contributed by atoms with Crippen LogP contribution in [0.15, 0.2) is 128 Å². The SMILES string of the molecule is COc1cc(C(c2cn(C)c3cccc(OC)c23)[P+](c2ccccc2)(c2ccccc2)c2ccccc2)cc(OC)c1OC. The van der Waals surface area contributed by atoms with Crippen molar-refractivity contribution < 1.29 is 18.9 Å². The lowest BCUT2D eigenvalue weighted by Gasteiger charge is -2.35. The van der Waals surface area contributed by atoms with E-state index in [1.807, 2.05) is 12.1 Å². The Labute approximate surface area is 259 Å². The largest absolute Gasteiger partial charge is 0.496 e. The fraction of sp³-hybridized carbons (Fsp3) is 0.158. The highest BCUT2D eigenvalue weighted by molar-refractivity contribution is 7.96. The van der Waals surface area contributed by atoms with Gasteiger partial charge in [-0.15, -0.1) is 0 Å². The first-order chi connectivity index (χ1) is 21.6. The van der Waals surface area contributed by atoms with Gasteiger partial charge in [0.15, 0.2) is 11.5 Å². The van der Waals surface area contributed by atoms with Crippen molar-refractivity contribution in [3.05, 3.63) is 139 Å². The van der Waals surface area contributed by atoms with Gasteiger partial charge in [0.05, 0.1) is 34.0 Å². The van der Waals surface area contributed by atoms with Gasteiger partial charge >= 0.3 is 0 Å². The Morgan fingerprint density at radius 3 is 1.45 bits per heavy atom.